The highest BCUT2D eigenvalue weighted by molar-refractivity contribution is 5.98. The minimum Gasteiger partial charge on any atom is -0.376 e. The van der Waals surface area contributed by atoms with Gasteiger partial charge in [0.25, 0.3) is 5.91 Å². The Morgan fingerprint density at radius 3 is 2.35 bits per heavy atom. The largest absolute Gasteiger partial charge is 0.432 e. The third kappa shape index (κ3) is 6.82. The number of hydrogen-bond donors (Lipinski definition) is 0. The molecule has 0 unspecified atom stereocenters. The van der Waals surface area contributed by atoms with Gasteiger partial charge >= 0.3 is 12.4 Å². The lowest BCUT2D eigenvalue weighted by Gasteiger charge is -2.21. The predicted octanol–water partition coefficient (Wildman–Crippen LogP) is 5.38. The number of hydrogen-bond acceptors (Lipinski definition) is 4. The Hall–Kier alpha value is -3.09. The molecule has 1 saturated heterocycles. The van der Waals surface area contributed by atoms with E-state index in [1.807, 2.05) is 20.8 Å². The molecule has 1 atom stereocenters. The molecule has 0 spiro atoms. The molecule has 0 saturated carbocycles. The van der Waals surface area contributed by atoms with Crippen molar-refractivity contribution < 1.29 is 40.7 Å². The molecule has 1 amide bonds. The van der Waals surface area contributed by atoms with Gasteiger partial charge in [-0.3, -0.25) is 14.2 Å². The van der Waals surface area contributed by atoms with Gasteiger partial charge in [0.1, 0.15) is 0 Å². The minimum absolute atomic E-state index is 0.136. The number of aromatic nitrogens is 2. The molecule has 3 rings (SSSR count). The maximum atomic E-state index is 13.4. The first-order chi connectivity index (χ1) is 17.0. The third-order valence-corrected chi connectivity index (χ3v) is 5.85. The zero-order chi connectivity index (χ0) is 27.8. The molecule has 2 aromatic rings. The van der Waals surface area contributed by atoms with Gasteiger partial charge < -0.3 is 9.57 Å². The van der Waals surface area contributed by atoms with E-state index < -0.39 is 40.8 Å². The molecular formula is C24H28F6N4O3. The van der Waals surface area contributed by atoms with Crippen molar-refractivity contribution in [2.75, 3.05) is 6.61 Å². The number of halogens is 6. The highest BCUT2D eigenvalue weighted by Crippen LogP contribution is 2.33. The van der Waals surface area contributed by atoms with Crippen molar-refractivity contribution >= 4 is 11.6 Å². The van der Waals surface area contributed by atoms with E-state index in [9.17, 15) is 31.1 Å². The first-order valence-corrected chi connectivity index (χ1v) is 11.5. The van der Waals surface area contributed by atoms with Crippen molar-refractivity contribution in [1.29, 1.82) is 0 Å². The maximum absolute atomic E-state index is 13.4. The van der Waals surface area contributed by atoms with E-state index in [-0.39, 0.29) is 17.0 Å². The summed E-state index contributed by atoms with van der Waals surface area (Å²) in [7, 11) is 1.77. The van der Waals surface area contributed by atoms with E-state index >= 15 is 0 Å². The monoisotopic (exact) mass is 534 g/mol. The Labute approximate surface area is 209 Å². The van der Waals surface area contributed by atoms with Crippen molar-refractivity contribution in [2.24, 2.45) is 17.2 Å². The molecule has 1 aliphatic rings. The van der Waals surface area contributed by atoms with Gasteiger partial charge in [-0.25, -0.2) is 0 Å². The standard InChI is InChI=1S/C24H28F6N4O3/c1-14(23(25,26)27)32-37-18-9-8-15(24(28,29)30)11-17(18)21(35)31-20-12-19(22(2,3)4)33(5)34(20)13-16-7-6-10-36-16/h8-9,11-12,16H,6-7,10,13H2,1-5H3/b31-20+,32-14+/t16-/m1/s1. The van der Waals surface area contributed by atoms with Gasteiger partial charge in [-0.2, -0.15) is 31.3 Å². The number of rotatable bonds is 5. The molecule has 0 N–H and O–H groups in total. The summed E-state index contributed by atoms with van der Waals surface area (Å²) in [6.45, 7) is 7.41. The van der Waals surface area contributed by atoms with Crippen LogP contribution in [0.3, 0.4) is 0 Å². The minimum atomic E-state index is -4.82. The van der Waals surface area contributed by atoms with Crippen molar-refractivity contribution in [3.8, 4) is 5.75 Å². The van der Waals surface area contributed by atoms with Crippen LogP contribution in [0.4, 0.5) is 26.3 Å². The molecule has 1 aliphatic heterocycles. The van der Waals surface area contributed by atoms with E-state index in [1.54, 1.807) is 22.5 Å². The van der Waals surface area contributed by atoms with Crippen LogP contribution in [0.1, 0.15) is 62.2 Å². The SMILES string of the molecule is C/C(=N\Oc1ccc(C(F)(F)F)cc1C(=O)/N=c1\cc(C(C)(C)C)n(C)n1C[C@H]1CCCO1)C(F)(F)F. The fourth-order valence-corrected chi connectivity index (χ4v) is 3.85. The van der Waals surface area contributed by atoms with Crippen LogP contribution in [0.25, 0.3) is 0 Å². The average molecular weight is 535 g/mol. The lowest BCUT2D eigenvalue weighted by Crippen LogP contribution is -2.30. The summed E-state index contributed by atoms with van der Waals surface area (Å²) >= 11 is 0. The van der Waals surface area contributed by atoms with Gasteiger partial charge in [0.05, 0.1) is 23.8 Å². The number of amides is 1. The summed E-state index contributed by atoms with van der Waals surface area (Å²) in [5.74, 6) is -1.73. The van der Waals surface area contributed by atoms with Crippen LogP contribution >= 0.6 is 0 Å². The van der Waals surface area contributed by atoms with Crippen LogP contribution in [0.2, 0.25) is 0 Å². The zero-order valence-electron chi connectivity index (χ0n) is 21.0. The Bertz CT molecular complexity index is 1240. The molecule has 2 heterocycles. The highest BCUT2D eigenvalue weighted by atomic mass is 19.4. The molecule has 0 aliphatic carbocycles. The van der Waals surface area contributed by atoms with Crippen LogP contribution in [0.15, 0.2) is 34.4 Å². The van der Waals surface area contributed by atoms with Gasteiger partial charge in [-0.15, -0.1) is 0 Å². The lowest BCUT2D eigenvalue weighted by molar-refractivity contribution is -0.137. The fourth-order valence-electron chi connectivity index (χ4n) is 3.85. The van der Waals surface area contributed by atoms with Crippen LogP contribution in [-0.2, 0) is 29.9 Å². The molecule has 7 nitrogen and oxygen atoms in total. The third-order valence-electron chi connectivity index (χ3n) is 5.85. The summed E-state index contributed by atoms with van der Waals surface area (Å²) in [5, 5.41) is 2.93. The van der Waals surface area contributed by atoms with E-state index in [0.29, 0.717) is 32.2 Å². The van der Waals surface area contributed by atoms with Gasteiger partial charge in [-0.1, -0.05) is 25.9 Å². The molecule has 0 radical (unpaired) electrons. The Morgan fingerprint density at radius 1 is 1.14 bits per heavy atom. The number of carbonyl (C=O) groups excluding carboxylic acids is 1. The van der Waals surface area contributed by atoms with Gasteiger partial charge in [0.15, 0.2) is 16.9 Å². The maximum Gasteiger partial charge on any atom is 0.432 e. The van der Waals surface area contributed by atoms with Crippen molar-refractivity contribution in [2.45, 2.75) is 71.0 Å². The second-order valence-electron chi connectivity index (χ2n) is 9.77. The molecule has 1 aromatic heterocycles. The lowest BCUT2D eigenvalue weighted by atomic mass is 9.92. The van der Waals surface area contributed by atoms with Crippen LogP contribution in [0, 0.1) is 0 Å². The quantitative estimate of drug-likeness (QED) is 0.294. The second kappa shape index (κ2) is 10.3. The molecule has 0 bridgehead atoms. The van der Waals surface area contributed by atoms with E-state index in [4.69, 9.17) is 9.57 Å². The van der Waals surface area contributed by atoms with Gasteiger partial charge in [-0.05, 0) is 38.0 Å². The first-order valence-electron chi connectivity index (χ1n) is 11.5. The van der Waals surface area contributed by atoms with Crippen molar-refractivity contribution in [1.82, 2.24) is 9.36 Å². The summed E-state index contributed by atoms with van der Waals surface area (Å²) in [5.41, 5.74) is -2.66. The molecule has 37 heavy (non-hydrogen) atoms. The smallest absolute Gasteiger partial charge is 0.376 e. The fraction of sp³-hybridized carbons (Fsp3) is 0.542. The van der Waals surface area contributed by atoms with Crippen molar-refractivity contribution in [3.05, 3.63) is 46.6 Å². The second-order valence-corrected chi connectivity index (χ2v) is 9.77. The highest BCUT2D eigenvalue weighted by Gasteiger charge is 2.34. The Morgan fingerprint density at radius 2 is 1.81 bits per heavy atom. The van der Waals surface area contributed by atoms with E-state index in [2.05, 4.69) is 10.1 Å². The molecule has 13 heteroatoms. The van der Waals surface area contributed by atoms with Crippen LogP contribution in [0.5, 0.6) is 5.75 Å². The Kier molecular flexibility index (Phi) is 7.96. The van der Waals surface area contributed by atoms with Crippen LogP contribution < -0.4 is 10.3 Å². The van der Waals surface area contributed by atoms with E-state index in [0.717, 1.165) is 24.6 Å². The molecule has 1 aromatic carbocycles. The number of alkyl halides is 6. The van der Waals surface area contributed by atoms with E-state index in [1.165, 1.54) is 0 Å². The topological polar surface area (TPSA) is 70.1 Å². The van der Waals surface area contributed by atoms with Gasteiger partial charge in [0.2, 0.25) is 0 Å². The number of nitrogens with zero attached hydrogens (tertiary/aromatic N) is 4. The van der Waals surface area contributed by atoms with Crippen LogP contribution in [-0.4, -0.2) is 39.9 Å². The summed E-state index contributed by atoms with van der Waals surface area (Å²) in [6.07, 6.45) is -8.11. The summed E-state index contributed by atoms with van der Waals surface area (Å²) in [4.78, 5) is 22.0. The first kappa shape index (κ1) is 28.5. The number of oxime groups is 1. The summed E-state index contributed by atoms with van der Waals surface area (Å²) < 4.78 is 87.7. The Balaban J connectivity index is 2.13. The molecule has 1 fully saturated rings. The molecule has 204 valence electrons. The van der Waals surface area contributed by atoms with Crippen molar-refractivity contribution in [3.63, 3.8) is 0 Å². The normalized spacial score (nSPS) is 18.0. The zero-order valence-corrected chi connectivity index (χ0v) is 21.0. The number of carbonyl (C=O) groups is 1. The number of benzene rings is 1. The summed E-state index contributed by atoms with van der Waals surface area (Å²) in [6, 6.07) is 3.46. The molecular weight excluding hydrogens is 506 g/mol. The average Bonchev–Trinajstić information content (AvgIpc) is 3.39. The predicted molar refractivity (Wildman–Crippen MR) is 122 cm³/mol. The number of ether oxygens (including phenoxy) is 1. The van der Waals surface area contributed by atoms with Gasteiger partial charge in [0, 0.05) is 30.8 Å².